The van der Waals surface area contributed by atoms with E-state index in [0.717, 1.165) is 27.9 Å². The van der Waals surface area contributed by atoms with Gasteiger partial charge in [-0.2, -0.15) is 0 Å². The molecule has 2 heteroatoms. The monoisotopic (exact) mass is 251 g/mol. The van der Waals surface area contributed by atoms with Crippen LogP contribution in [-0.2, 0) is 0 Å². The van der Waals surface area contributed by atoms with Gasteiger partial charge in [0, 0.05) is 17.0 Å². The Hall–Kier alpha value is -2.06. The van der Waals surface area contributed by atoms with Gasteiger partial charge in [-0.1, -0.05) is 35.9 Å². The quantitative estimate of drug-likeness (QED) is 0.731. The normalized spacial score (nSPS) is 12.8. The number of hydrogen-bond donors (Lipinski definition) is 1. The summed E-state index contributed by atoms with van der Waals surface area (Å²) in [6, 6.07) is 16.6. The van der Waals surface area contributed by atoms with Crippen LogP contribution >= 0.6 is 0 Å². The van der Waals surface area contributed by atoms with Crippen LogP contribution < -0.4 is 5.73 Å². The second kappa shape index (κ2) is 4.56. The molecule has 0 aliphatic rings. The van der Waals surface area contributed by atoms with Crippen LogP contribution in [-0.4, -0.2) is 0 Å². The van der Waals surface area contributed by atoms with E-state index in [4.69, 9.17) is 10.2 Å². The fraction of sp³-hybridized carbons (Fsp3) is 0.176. The molecule has 2 nitrogen and oxygen atoms in total. The number of rotatable bonds is 2. The second-order valence-electron chi connectivity index (χ2n) is 5.06. The number of aryl methyl sites for hydroxylation is 1. The predicted molar refractivity (Wildman–Crippen MR) is 79.0 cm³/mol. The first-order valence-corrected chi connectivity index (χ1v) is 6.49. The van der Waals surface area contributed by atoms with Crippen LogP contribution in [0.25, 0.3) is 22.3 Å². The maximum Gasteiger partial charge on any atom is 0.135 e. The third kappa shape index (κ3) is 2.27. The highest BCUT2D eigenvalue weighted by molar-refractivity contribution is 5.83. The summed E-state index contributed by atoms with van der Waals surface area (Å²) in [5.74, 6) is 0.900. The van der Waals surface area contributed by atoms with Gasteiger partial charge in [0.25, 0.3) is 0 Å². The van der Waals surface area contributed by atoms with Crippen LogP contribution in [0.1, 0.15) is 24.1 Å². The summed E-state index contributed by atoms with van der Waals surface area (Å²) in [6.45, 7) is 4.07. The van der Waals surface area contributed by atoms with E-state index >= 15 is 0 Å². The van der Waals surface area contributed by atoms with Crippen molar-refractivity contribution in [2.45, 2.75) is 19.9 Å². The third-order valence-electron chi connectivity index (χ3n) is 3.39. The maximum absolute atomic E-state index is 5.88. The van der Waals surface area contributed by atoms with Crippen molar-refractivity contribution in [1.29, 1.82) is 0 Å². The first kappa shape index (κ1) is 12.0. The fourth-order valence-electron chi connectivity index (χ4n) is 2.26. The molecule has 1 atom stereocenters. The van der Waals surface area contributed by atoms with Crippen LogP contribution in [0.2, 0.25) is 0 Å². The Morgan fingerprint density at radius 2 is 1.74 bits per heavy atom. The molecular formula is C17H17NO. The van der Waals surface area contributed by atoms with E-state index in [0.29, 0.717) is 0 Å². The minimum Gasteiger partial charge on any atom is -0.456 e. The van der Waals surface area contributed by atoms with E-state index in [1.54, 1.807) is 0 Å². The summed E-state index contributed by atoms with van der Waals surface area (Å²) in [5.41, 5.74) is 10.2. The molecular weight excluding hydrogens is 234 g/mol. The lowest BCUT2D eigenvalue weighted by atomic mass is 10.1. The zero-order chi connectivity index (χ0) is 13.4. The average Bonchev–Trinajstić information content (AvgIpc) is 2.81. The molecule has 1 unspecified atom stereocenters. The zero-order valence-electron chi connectivity index (χ0n) is 11.2. The Kier molecular flexibility index (Phi) is 2.88. The molecule has 0 aliphatic heterocycles. The molecule has 0 saturated carbocycles. The molecule has 0 spiro atoms. The largest absolute Gasteiger partial charge is 0.456 e. The Labute approximate surface area is 112 Å². The topological polar surface area (TPSA) is 39.2 Å². The molecule has 3 aromatic rings. The summed E-state index contributed by atoms with van der Waals surface area (Å²) in [6.07, 6.45) is 0. The van der Waals surface area contributed by atoms with Gasteiger partial charge in [0.1, 0.15) is 11.3 Å². The molecule has 0 radical (unpaired) electrons. The van der Waals surface area contributed by atoms with Gasteiger partial charge in [-0.3, -0.25) is 0 Å². The SMILES string of the molecule is Cc1ccc2oc(-c3ccc(C(C)N)cc3)cc2c1. The molecule has 0 saturated heterocycles. The molecule has 2 aromatic carbocycles. The number of nitrogens with two attached hydrogens (primary N) is 1. The smallest absolute Gasteiger partial charge is 0.135 e. The van der Waals surface area contributed by atoms with Gasteiger partial charge in [0.15, 0.2) is 0 Å². The van der Waals surface area contributed by atoms with Crippen molar-refractivity contribution < 1.29 is 4.42 Å². The number of furan rings is 1. The average molecular weight is 251 g/mol. The van der Waals surface area contributed by atoms with Crippen molar-refractivity contribution >= 4 is 11.0 Å². The van der Waals surface area contributed by atoms with Gasteiger partial charge >= 0.3 is 0 Å². The van der Waals surface area contributed by atoms with Gasteiger partial charge in [-0.05, 0) is 37.6 Å². The number of fused-ring (bicyclic) bond motifs is 1. The van der Waals surface area contributed by atoms with Crippen LogP contribution in [0, 0.1) is 6.92 Å². The number of benzene rings is 2. The Morgan fingerprint density at radius 3 is 2.42 bits per heavy atom. The van der Waals surface area contributed by atoms with Crippen molar-refractivity contribution in [3.05, 3.63) is 59.7 Å². The summed E-state index contributed by atoms with van der Waals surface area (Å²) < 4.78 is 5.88. The highest BCUT2D eigenvalue weighted by Crippen LogP contribution is 2.29. The molecule has 96 valence electrons. The lowest BCUT2D eigenvalue weighted by Crippen LogP contribution is -2.04. The second-order valence-corrected chi connectivity index (χ2v) is 5.06. The molecule has 0 bridgehead atoms. The predicted octanol–water partition coefficient (Wildman–Crippen LogP) is 4.43. The minimum absolute atomic E-state index is 0.0624. The van der Waals surface area contributed by atoms with Crippen LogP contribution in [0.5, 0.6) is 0 Å². The van der Waals surface area contributed by atoms with Crippen molar-refractivity contribution in [3.8, 4) is 11.3 Å². The molecule has 19 heavy (non-hydrogen) atoms. The van der Waals surface area contributed by atoms with Crippen LogP contribution in [0.15, 0.2) is 52.9 Å². The van der Waals surface area contributed by atoms with Gasteiger partial charge in [0.2, 0.25) is 0 Å². The van der Waals surface area contributed by atoms with Crippen molar-refractivity contribution in [2.75, 3.05) is 0 Å². The van der Waals surface area contributed by atoms with Gasteiger partial charge in [0.05, 0.1) is 0 Å². The summed E-state index contributed by atoms with van der Waals surface area (Å²) in [4.78, 5) is 0. The van der Waals surface area contributed by atoms with Gasteiger partial charge in [-0.25, -0.2) is 0 Å². The Morgan fingerprint density at radius 1 is 1.00 bits per heavy atom. The van der Waals surface area contributed by atoms with E-state index in [2.05, 4.69) is 49.4 Å². The molecule has 0 fully saturated rings. The van der Waals surface area contributed by atoms with E-state index in [1.165, 1.54) is 5.56 Å². The fourth-order valence-corrected chi connectivity index (χ4v) is 2.26. The number of hydrogen-bond acceptors (Lipinski definition) is 2. The van der Waals surface area contributed by atoms with Crippen molar-refractivity contribution in [2.24, 2.45) is 5.73 Å². The van der Waals surface area contributed by atoms with Gasteiger partial charge < -0.3 is 10.2 Å². The summed E-state index contributed by atoms with van der Waals surface area (Å²) in [5, 5.41) is 1.14. The highest BCUT2D eigenvalue weighted by Gasteiger charge is 2.07. The Balaban J connectivity index is 2.03. The molecule has 1 aromatic heterocycles. The Bertz CT molecular complexity index is 708. The lowest BCUT2D eigenvalue weighted by molar-refractivity contribution is 0.631. The molecule has 2 N–H and O–H groups in total. The van der Waals surface area contributed by atoms with Crippen molar-refractivity contribution in [1.82, 2.24) is 0 Å². The first-order chi connectivity index (χ1) is 9.13. The van der Waals surface area contributed by atoms with E-state index in [-0.39, 0.29) is 6.04 Å². The summed E-state index contributed by atoms with van der Waals surface area (Å²) >= 11 is 0. The third-order valence-corrected chi connectivity index (χ3v) is 3.39. The molecule has 0 amide bonds. The molecule has 3 rings (SSSR count). The van der Waals surface area contributed by atoms with E-state index in [1.807, 2.05) is 13.0 Å². The zero-order valence-corrected chi connectivity index (χ0v) is 11.2. The summed E-state index contributed by atoms with van der Waals surface area (Å²) in [7, 11) is 0. The molecule has 0 aliphatic carbocycles. The highest BCUT2D eigenvalue weighted by atomic mass is 16.3. The first-order valence-electron chi connectivity index (χ1n) is 6.49. The van der Waals surface area contributed by atoms with E-state index in [9.17, 15) is 0 Å². The van der Waals surface area contributed by atoms with Crippen LogP contribution in [0.4, 0.5) is 0 Å². The molecule has 1 heterocycles. The maximum atomic E-state index is 5.88. The van der Waals surface area contributed by atoms with E-state index < -0.39 is 0 Å². The van der Waals surface area contributed by atoms with Crippen LogP contribution in [0.3, 0.4) is 0 Å². The van der Waals surface area contributed by atoms with Crippen molar-refractivity contribution in [3.63, 3.8) is 0 Å². The lowest BCUT2D eigenvalue weighted by Gasteiger charge is -2.05. The standard InChI is InChI=1S/C17H17NO/c1-11-3-8-16-15(9-11)10-17(19-16)14-6-4-13(5-7-14)12(2)18/h3-10,12H,18H2,1-2H3. The minimum atomic E-state index is 0.0624. The van der Waals surface area contributed by atoms with Gasteiger partial charge in [-0.15, -0.1) is 0 Å².